The topological polar surface area (TPSA) is 97.7 Å². The molecule has 0 radical (unpaired) electrons. The van der Waals surface area contributed by atoms with Crippen LogP contribution < -0.4 is 14.8 Å². The molecule has 0 aromatic heterocycles. The van der Waals surface area contributed by atoms with Gasteiger partial charge in [-0.25, -0.2) is 0 Å². The largest absolute Gasteiger partial charge is 0.490 e. The Morgan fingerprint density at radius 1 is 1.14 bits per heavy atom. The number of para-hydroxylation sites is 2. The van der Waals surface area contributed by atoms with Crippen LogP contribution in [-0.4, -0.2) is 31.7 Å². The lowest BCUT2D eigenvalue weighted by Crippen LogP contribution is -2.21. The lowest BCUT2D eigenvalue weighted by molar-refractivity contribution is -0.147. The van der Waals surface area contributed by atoms with Crippen LogP contribution in [0.3, 0.4) is 0 Å². The van der Waals surface area contributed by atoms with E-state index < -0.39 is 18.5 Å². The maximum absolute atomic E-state index is 11.9. The average Bonchev–Trinajstić information content (AvgIpc) is 2.68. The predicted octanol–water partition coefficient (Wildman–Crippen LogP) is 3.56. The number of carbonyl (C=O) groups excluding carboxylic acids is 2. The van der Waals surface area contributed by atoms with Crippen LogP contribution in [0.25, 0.3) is 0 Å². The first kappa shape index (κ1) is 21.1. The molecule has 0 aliphatic carbocycles. The summed E-state index contributed by atoms with van der Waals surface area (Å²) in [4.78, 5) is 23.6. The molecule has 8 heteroatoms. The minimum Gasteiger partial charge on any atom is -0.490 e. The number of anilines is 1. The van der Waals surface area contributed by atoms with Crippen molar-refractivity contribution in [3.63, 3.8) is 0 Å². The maximum Gasteiger partial charge on any atom is 0.309 e. The first-order valence-corrected chi connectivity index (χ1v) is 8.91. The lowest BCUT2D eigenvalue weighted by atomic mass is 10.2. The zero-order valence-corrected chi connectivity index (χ0v) is 16.0. The fourth-order valence-electron chi connectivity index (χ4n) is 2.19. The maximum atomic E-state index is 11.9. The molecule has 7 nitrogen and oxygen atoms in total. The number of esters is 1. The van der Waals surface area contributed by atoms with Gasteiger partial charge in [0.15, 0.2) is 18.1 Å². The van der Waals surface area contributed by atoms with E-state index in [1.54, 1.807) is 18.2 Å². The van der Waals surface area contributed by atoms with Crippen molar-refractivity contribution in [2.24, 2.45) is 0 Å². The molecule has 0 heterocycles. The van der Waals surface area contributed by atoms with E-state index in [1.807, 2.05) is 19.1 Å². The van der Waals surface area contributed by atoms with Gasteiger partial charge < -0.3 is 19.5 Å². The van der Waals surface area contributed by atoms with Crippen LogP contribution in [0.15, 0.2) is 42.5 Å². The Hall–Kier alpha value is -3.24. The van der Waals surface area contributed by atoms with E-state index in [9.17, 15) is 9.59 Å². The summed E-state index contributed by atoms with van der Waals surface area (Å²) in [5, 5.41) is 11.6. The molecule has 2 aromatic carbocycles. The molecule has 0 fully saturated rings. The molecule has 0 saturated carbocycles. The number of hydrogen-bond acceptors (Lipinski definition) is 6. The second-order valence-corrected chi connectivity index (χ2v) is 5.90. The lowest BCUT2D eigenvalue weighted by Gasteiger charge is -2.11. The third kappa shape index (κ3) is 6.49. The number of benzene rings is 2. The summed E-state index contributed by atoms with van der Waals surface area (Å²) in [6.07, 6.45) is -0.0174. The Morgan fingerprint density at radius 2 is 1.86 bits per heavy atom. The van der Waals surface area contributed by atoms with Gasteiger partial charge in [0, 0.05) is 5.69 Å². The summed E-state index contributed by atoms with van der Waals surface area (Å²) in [6.45, 7) is 2.02. The van der Waals surface area contributed by atoms with Gasteiger partial charge in [-0.2, -0.15) is 5.26 Å². The highest BCUT2D eigenvalue weighted by atomic mass is 35.5. The number of nitrogens with zero attached hydrogens (tertiary/aromatic N) is 1. The van der Waals surface area contributed by atoms with Crippen molar-refractivity contribution >= 4 is 29.2 Å². The van der Waals surface area contributed by atoms with E-state index in [0.29, 0.717) is 29.4 Å². The average molecular weight is 403 g/mol. The van der Waals surface area contributed by atoms with E-state index >= 15 is 0 Å². The number of nitrogens with one attached hydrogen (secondary N) is 1. The van der Waals surface area contributed by atoms with Gasteiger partial charge in [-0.15, -0.1) is 0 Å². The highest BCUT2D eigenvalue weighted by Crippen LogP contribution is 2.26. The number of nitriles is 1. The fourth-order valence-corrected chi connectivity index (χ4v) is 2.41. The number of ether oxygens (including phenoxy) is 3. The van der Waals surface area contributed by atoms with Crippen molar-refractivity contribution in [2.45, 2.75) is 13.3 Å². The van der Waals surface area contributed by atoms with Gasteiger partial charge in [0.25, 0.3) is 5.91 Å². The van der Waals surface area contributed by atoms with Crippen LogP contribution in [0, 0.1) is 11.3 Å². The van der Waals surface area contributed by atoms with Gasteiger partial charge in [0.1, 0.15) is 6.07 Å². The van der Waals surface area contributed by atoms with Gasteiger partial charge >= 0.3 is 5.97 Å². The molecule has 0 aliphatic rings. The van der Waals surface area contributed by atoms with Crippen LogP contribution in [-0.2, 0) is 14.3 Å². The molecule has 2 aromatic rings. The molecular weight excluding hydrogens is 384 g/mol. The Bertz CT molecular complexity index is 879. The van der Waals surface area contributed by atoms with Gasteiger partial charge in [-0.3, -0.25) is 9.59 Å². The molecule has 2 rings (SSSR count). The number of carbonyl (C=O) groups is 2. The van der Waals surface area contributed by atoms with Crippen LogP contribution in [0.2, 0.25) is 5.02 Å². The number of hydrogen-bond donors (Lipinski definition) is 1. The van der Waals surface area contributed by atoms with E-state index in [-0.39, 0.29) is 18.1 Å². The van der Waals surface area contributed by atoms with E-state index in [1.165, 1.54) is 18.2 Å². The van der Waals surface area contributed by atoms with Crippen LogP contribution in [0.5, 0.6) is 11.5 Å². The highest BCUT2D eigenvalue weighted by Gasteiger charge is 2.10. The molecule has 0 aliphatic heterocycles. The third-order valence-corrected chi connectivity index (χ3v) is 3.76. The second-order valence-electron chi connectivity index (χ2n) is 5.49. The summed E-state index contributed by atoms with van der Waals surface area (Å²) >= 11 is 5.90. The molecule has 1 amide bonds. The molecule has 146 valence electrons. The van der Waals surface area contributed by atoms with E-state index in [0.717, 1.165) is 0 Å². The molecule has 1 N–H and O–H groups in total. The van der Waals surface area contributed by atoms with Crippen molar-refractivity contribution in [2.75, 3.05) is 25.1 Å². The minimum atomic E-state index is -0.568. The van der Waals surface area contributed by atoms with Crippen molar-refractivity contribution in [1.82, 2.24) is 0 Å². The van der Waals surface area contributed by atoms with Gasteiger partial charge in [-0.05, 0) is 37.3 Å². The van der Waals surface area contributed by atoms with E-state index in [2.05, 4.69) is 5.32 Å². The van der Waals surface area contributed by atoms with Gasteiger partial charge in [0.2, 0.25) is 0 Å². The first-order chi connectivity index (χ1) is 13.5. The molecule has 0 spiro atoms. The zero-order valence-electron chi connectivity index (χ0n) is 15.2. The van der Waals surface area contributed by atoms with Crippen molar-refractivity contribution in [3.05, 3.63) is 53.1 Å². The summed E-state index contributed by atoms with van der Waals surface area (Å²) in [7, 11) is 0. The van der Waals surface area contributed by atoms with Gasteiger partial charge in [-0.1, -0.05) is 23.7 Å². The SMILES string of the molecule is CCOc1ccccc1OCCC(=O)OCC(=O)Nc1ccc(C#N)c(Cl)c1. The van der Waals surface area contributed by atoms with Crippen molar-refractivity contribution in [3.8, 4) is 17.6 Å². The summed E-state index contributed by atoms with van der Waals surface area (Å²) in [6, 6.07) is 13.5. The Morgan fingerprint density at radius 3 is 2.50 bits per heavy atom. The molecule has 0 saturated heterocycles. The highest BCUT2D eigenvalue weighted by molar-refractivity contribution is 6.32. The number of halogens is 1. The minimum absolute atomic E-state index is 0.0174. The molecule has 0 bridgehead atoms. The van der Waals surface area contributed by atoms with Gasteiger partial charge in [0.05, 0.1) is 30.2 Å². The second kappa shape index (κ2) is 10.8. The monoisotopic (exact) mass is 402 g/mol. The normalized spacial score (nSPS) is 9.89. The molecular formula is C20H19ClN2O5. The van der Waals surface area contributed by atoms with Crippen molar-refractivity contribution in [1.29, 1.82) is 5.26 Å². The predicted molar refractivity (Wildman–Crippen MR) is 103 cm³/mol. The van der Waals surface area contributed by atoms with Crippen molar-refractivity contribution < 1.29 is 23.8 Å². The summed E-state index contributed by atoms with van der Waals surface area (Å²) < 4.78 is 15.9. The fraction of sp³-hybridized carbons (Fsp3) is 0.250. The van der Waals surface area contributed by atoms with Crippen LogP contribution in [0.1, 0.15) is 18.9 Å². The van der Waals surface area contributed by atoms with Crippen LogP contribution in [0.4, 0.5) is 5.69 Å². The Labute approximate surface area is 167 Å². The molecule has 0 unspecified atom stereocenters. The zero-order chi connectivity index (χ0) is 20.4. The Kier molecular flexibility index (Phi) is 8.12. The first-order valence-electron chi connectivity index (χ1n) is 8.53. The Balaban J connectivity index is 1.73. The summed E-state index contributed by atoms with van der Waals surface area (Å²) in [5.41, 5.74) is 0.706. The standard InChI is InChI=1S/C20H19ClN2O5/c1-2-26-17-5-3-4-6-18(17)27-10-9-20(25)28-13-19(24)23-15-8-7-14(12-22)16(21)11-15/h3-8,11H,2,9-10,13H2,1H3,(H,23,24). The molecule has 0 atom stereocenters. The van der Waals surface area contributed by atoms with Crippen LogP contribution >= 0.6 is 11.6 Å². The quantitative estimate of drug-likeness (QED) is 0.644. The number of amides is 1. The number of rotatable bonds is 9. The van der Waals surface area contributed by atoms with E-state index in [4.69, 9.17) is 31.1 Å². The smallest absolute Gasteiger partial charge is 0.309 e. The molecule has 28 heavy (non-hydrogen) atoms. The summed E-state index contributed by atoms with van der Waals surface area (Å²) in [5.74, 6) is 0.0463. The third-order valence-electron chi connectivity index (χ3n) is 3.45.